The Morgan fingerprint density at radius 2 is 1.53 bits per heavy atom. The number of benzene rings is 3. The van der Waals surface area contributed by atoms with Gasteiger partial charge in [0.05, 0.1) is 12.8 Å². The molecule has 0 N–H and O–H groups in total. The molecular weight excluding hydrogens is 578 g/mol. The number of anilines is 1. The van der Waals surface area contributed by atoms with E-state index >= 15 is 0 Å². The standard InChI is InChI=1S/C33H31N5O7/c1-41-25-4-2-3-23(16-25)26-7-10-31(35-34-26)36-11-13-37(14-12-36)32(39)19-38(18-22-5-8-27-29(15-22)44-20-42-27)33(40)24-6-9-28-30(17-24)45-21-43-28/h2-10,15-17H,11-14,18-21H2,1H3. The Kier molecular flexibility index (Phi) is 7.68. The Labute approximate surface area is 259 Å². The molecule has 0 bridgehead atoms. The number of methoxy groups -OCH3 is 1. The third kappa shape index (κ3) is 5.99. The van der Waals surface area contributed by atoms with Crippen molar-refractivity contribution in [1.29, 1.82) is 0 Å². The number of amides is 2. The maximum atomic E-state index is 13.8. The summed E-state index contributed by atoms with van der Waals surface area (Å²) >= 11 is 0. The number of fused-ring (bicyclic) bond motifs is 2. The van der Waals surface area contributed by atoms with Crippen LogP contribution in [0.5, 0.6) is 28.7 Å². The van der Waals surface area contributed by atoms with E-state index in [-0.39, 0.29) is 38.5 Å². The van der Waals surface area contributed by atoms with Crippen molar-refractivity contribution in [3.05, 3.63) is 83.9 Å². The van der Waals surface area contributed by atoms with Crippen LogP contribution in [0.15, 0.2) is 72.8 Å². The van der Waals surface area contributed by atoms with Gasteiger partial charge in [0.15, 0.2) is 28.8 Å². The first kappa shape index (κ1) is 28.3. The Bertz CT molecular complexity index is 1720. The molecule has 0 aliphatic carbocycles. The summed E-state index contributed by atoms with van der Waals surface area (Å²) in [6, 6.07) is 22.1. The Hall–Kier alpha value is -5.52. The highest BCUT2D eigenvalue weighted by molar-refractivity contribution is 5.97. The van der Waals surface area contributed by atoms with E-state index < -0.39 is 0 Å². The minimum Gasteiger partial charge on any atom is -0.497 e. The Morgan fingerprint density at radius 1 is 0.800 bits per heavy atom. The summed E-state index contributed by atoms with van der Waals surface area (Å²) in [6.07, 6.45) is 0. The van der Waals surface area contributed by atoms with Crippen molar-refractivity contribution in [3.63, 3.8) is 0 Å². The van der Waals surface area contributed by atoms with Crippen LogP contribution in [0.3, 0.4) is 0 Å². The molecule has 7 rings (SSSR count). The summed E-state index contributed by atoms with van der Waals surface area (Å²) in [7, 11) is 1.63. The molecule has 3 aliphatic rings. The number of hydrogen-bond donors (Lipinski definition) is 0. The van der Waals surface area contributed by atoms with Crippen LogP contribution in [0.2, 0.25) is 0 Å². The maximum absolute atomic E-state index is 13.8. The van der Waals surface area contributed by atoms with E-state index in [1.165, 1.54) is 0 Å². The van der Waals surface area contributed by atoms with Gasteiger partial charge in [-0.2, -0.15) is 0 Å². The predicted octanol–water partition coefficient (Wildman–Crippen LogP) is 3.60. The number of nitrogens with zero attached hydrogens (tertiary/aromatic N) is 5. The molecule has 45 heavy (non-hydrogen) atoms. The third-order valence-corrected chi connectivity index (χ3v) is 8.02. The van der Waals surface area contributed by atoms with E-state index in [0.717, 1.165) is 28.4 Å². The smallest absolute Gasteiger partial charge is 0.254 e. The molecule has 4 aromatic rings. The summed E-state index contributed by atoms with van der Waals surface area (Å²) in [5.74, 6) is 3.44. The molecule has 0 spiro atoms. The van der Waals surface area contributed by atoms with Crippen molar-refractivity contribution in [1.82, 2.24) is 20.0 Å². The minimum absolute atomic E-state index is 0.0865. The Morgan fingerprint density at radius 3 is 2.27 bits per heavy atom. The first-order valence-corrected chi connectivity index (χ1v) is 14.6. The second-order valence-electron chi connectivity index (χ2n) is 10.8. The zero-order chi connectivity index (χ0) is 30.8. The quantitative estimate of drug-likeness (QED) is 0.294. The molecule has 2 amide bonds. The lowest BCUT2D eigenvalue weighted by Crippen LogP contribution is -2.52. The van der Waals surface area contributed by atoms with Crippen LogP contribution < -0.4 is 28.6 Å². The van der Waals surface area contributed by atoms with Crippen LogP contribution in [0, 0.1) is 0 Å². The predicted molar refractivity (Wildman–Crippen MR) is 163 cm³/mol. The lowest BCUT2D eigenvalue weighted by atomic mass is 10.1. The molecule has 1 fully saturated rings. The van der Waals surface area contributed by atoms with Crippen molar-refractivity contribution in [3.8, 4) is 40.0 Å². The summed E-state index contributed by atoms with van der Waals surface area (Å²) in [5, 5.41) is 8.86. The number of aromatic nitrogens is 2. The SMILES string of the molecule is COc1cccc(-c2ccc(N3CCN(C(=O)CN(Cc4ccc5c(c4)OCO5)C(=O)c4ccc5c(c4)OCO5)CC3)nn2)c1. The minimum atomic E-state index is -0.288. The molecule has 0 saturated carbocycles. The van der Waals surface area contributed by atoms with Crippen LogP contribution in [-0.2, 0) is 11.3 Å². The number of piperazine rings is 1. The lowest BCUT2D eigenvalue weighted by Gasteiger charge is -2.36. The van der Waals surface area contributed by atoms with Crippen LogP contribution in [0.1, 0.15) is 15.9 Å². The fourth-order valence-corrected chi connectivity index (χ4v) is 5.55. The third-order valence-electron chi connectivity index (χ3n) is 8.02. The van der Waals surface area contributed by atoms with Gasteiger partial charge in [0.1, 0.15) is 12.3 Å². The van der Waals surface area contributed by atoms with Gasteiger partial charge >= 0.3 is 0 Å². The van der Waals surface area contributed by atoms with Gasteiger partial charge in [0, 0.05) is 43.9 Å². The van der Waals surface area contributed by atoms with Crippen LogP contribution in [0.25, 0.3) is 11.3 Å². The zero-order valence-electron chi connectivity index (χ0n) is 24.7. The number of rotatable bonds is 8. The number of hydrogen-bond acceptors (Lipinski definition) is 10. The van der Waals surface area contributed by atoms with Crippen LogP contribution >= 0.6 is 0 Å². The molecule has 0 unspecified atom stereocenters. The topological polar surface area (TPSA) is 116 Å². The number of carbonyl (C=O) groups is 2. The molecule has 0 atom stereocenters. The van der Waals surface area contributed by atoms with Gasteiger partial charge in [-0.3, -0.25) is 9.59 Å². The summed E-state index contributed by atoms with van der Waals surface area (Å²) in [5.41, 5.74) is 2.90. The highest BCUT2D eigenvalue weighted by Crippen LogP contribution is 2.34. The second-order valence-corrected chi connectivity index (χ2v) is 10.8. The van der Waals surface area contributed by atoms with Gasteiger partial charge in [0.25, 0.3) is 5.91 Å². The molecule has 3 aliphatic heterocycles. The normalized spacial score (nSPS) is 14.8. The molecule has 0 radical (unpaired) electrons. The lowest BCUT2D eigenvalue weighted by molar-refractivity contribution is -0.132. The Balaban J connectivity index is 1.02. The fraction of sp³-hybridized carbons (Fsp3) is 0.273. The molecular formula is C33H31N5O7. The fourth-order valence-electron chi connectivity index (χ4n) is 5.55. The maximum Gasteiger partial charge on any atom is 0.254 e. The average molecular weight is 610 g/mol. The van der Waals surface area contributed by atoms with Gasteiger partial charge in [0.2, 0.25) is 19.5 Å². The van der Waals surface area contributed by atoms with E-state index in [1.54, 1.807) is 35.1 Å². The largest absolute Gasteiger partial charge is 0.497 e. The van der Waals surface area contributed by atoms with Crippen molar-refractivity contribution >= 4 is 17.6 Å². The average Bonchev–Trinajstić information content (AvgIpc) is 3.77. The van der Waals surface area contributed by atoms with Gasteiger partial charge in [-0.25, -0.2) is 0 Å². The first-order chi connectivity index (χ1) is 22.0. The van der Waals surface area contributed by atoms with Crippen molar-refractivity contribution < 1.29 is 33.3 Å². The molecule has 12 nitrogen and oxygen atoms in total. The van der Waals surface area contributed by atoms with Gasteiger partial charge in [-0.1, -0.05) is 18.2 Å². The highest BCUT2D eigenvalue weighted by atomic mass is 16.7. The van der Waals surface area contributed by atoms with Crippen molar-refractivity contribution in [2.24, 2.45) is 0 Å². The number of carbonyl (C=O) groups excluding carboxylic acids is 2. The van der Waals surface area contributed by atoms with E-state index in [2.05, 4.69) is 15.1 Å². The van der Waals surface area contributed by atoms with Crippen molar-refractivity contribution in [2.45, 2.75) is 6.54 Å². The molecule has 1 aromatic heterocycles. The van der Waals surface area contributed by atoms with E-state index in [4.69, 9.17) is 23.7 Å². The second kappa shape index (κ2) is 12.2. The van der Waals surface area contributed by atoms with E-state index in [1.807, 2.05) is 54.6 Å². The molecule has 230 valence electrons. The van der Waals surface area contributed by atoms with Gasteiger partial charge in [-0.15, -0.1) is 10.2 Å². The molecule has 4 heterocycles. The summed E-state index contributed by atoms with van der Waals surface area (Å²) in [4.78, 5) is 32.8. The van der Waals surface area contributed by atoms with Crippen molar-refractivity contribution in [2.75, 3.05) is 58.3 Å². The summed E-state index contributed by atoms with van der Waals surface area (Å²) in [6.45, 7) is 2.57. The molecule has 12 heteroatoms. The van der Waals surface area contributed by atoms with Gasteiger partial charge < -0.3 is 38.4 Å². The van der Waals surface area contributed by atoms with Crippen LogP contribution in [-0.4, -0.2) is 85.2 Å². The summed E-state index contributed by atoms with van der Waals surface area (Å²) < 4.78 is 27.2. The molecule has 3 aromatic carbocycles. The monoisotopic (exact) mass is 609 g/mol. The first-order valence-electron chi connectivity index (χ1n) is 14.6. The molecule has 1 saturated heterocycles. The zero-order valence-corrected chi connectivity index (χ0v) is 24.7. The number of ether oxygens (including phenoxy) is 5. The highest BCUT2D eigenvalue weighted by Gasteiger charge is 2.28. The van der Waals surface area contributed by atoms with E-state index in [0.29, 0.717) is 54.7 Å². The van der Waals surface area contributed by atoms with E-state index in [9.17, 15) is 9.59 Å². The van der Waals surface area contributed by atoms with Gasteiger partial charge in [-0.05, 0) is 60.2 Å². The van der Waals surface area contributed by atoms with Crippen LogP contribution in [0.4, 0.5) is 5.82 Å².